The molecule has 1 heterocycles. The molecule has 0 aliphatic rings. The number of aryl methyl sites for hydroxylation is 2. The van der Waals surface area contributed by atoms with Crippen molar-refractivity contribution >= 4 is 17.7 Å². The van der Waals surface area contributed by atoms with Crippen LogP contribution in [0.15, 0.2) is 46.4 Å². The Morgan fingerprint density at radius 3 is 2.55 bits per heavy atom. The quantitative estimate of drug-likeness (QED) is 0.683. The van der Waals surface area contributed by atoms with Gasteiger partial charge in [0.25, 0.3) is 5.91 Å². The second-order valence-electron chi connectivity index (χ2n) is 4.36. The van der Waals surface area contributed by atoms with Gasteiger partial charge in [0.2, 0.25) is 0 Å². The number of nitrogens with one attached hydrogen (secondary N) is 1. The molecule has 1 aromatic heterocycles. The number of carbonyl (C=O) groups excluding carboxylic acids is 1. The normalized spacial score (nSPS) is 10.9. The van der Waals surface area contributed by atoms with Crippen LogP contribution in [0, 0.1) is 25.2 Å². The van der Waals surface area contributed by atoms with Gasteiger partial charge in [0.15, 0.2) is 0 Å². The summed E-state index contributed by atoms with van der Waals surface area (Å²) in [6, 6.07) is 12.7. The second kappa shape index (κ2) is 5.89. The Kier molecular flexibility index (Phi) is 4.02. The Morgan fingerprint density at radius 1 is 1.30 bits per heavy atom. The number of hydrogen-bond donors (Lipinski definition) is 1. The summed E-state index contributed by atoms with van der Waals surface area (Å²) in [5, 5.41) is 11.8. The van der Waals surface area contributed by atoms with Crippen LogP contribution in [0.25, 0.3) is 6.08 Å². The van der Waals surface area contributed by atoms with Crippen molar-refractivity contribution in [1.82, 2.24) is 0 Å². The zero-order valence-corrected chi connectivity index (χ0v) is 11.3. The maximum Gasteiger partial charge on any atom is 0.266 e. The van der Waals surface area contributed by atoms with E-state index in [4.69, 9.17) is 9.68 Å². The van der Waals surface area contributed by atoms with Crippen LogP contribution in [-0.2, 0) is 4.79 Å². The number of para-hydroxylation sites is 1. The molecule has 1 amide bonds. The van der Waals surface area contributed by atoms with Crippen LogP contribution in [0.3, 0.4) is 0 Å². The molecule has 4 nitrogen and oxygen atoms in total. The molecule has 4 heteroatoms. The van der Waals surface area contributed by atoms with Crippen molar-refractivity contribution < 1.29 is 9.21 Å². The van der Waals surface area contributed by atoms with Crippen molar-refractivity contribution in [2.75, 3.05) is 5.32 Å². The van der Waals surface area contributed by atoms with Crippen LogP contribution in [0.4, 0.5) is 5.69 Å². The summed E-state index contributed by atoms with van der Waals surface area (Å²) in [6.07, 6.45) is 1.53. The summed E-state index contributed by atoms with van der Waals surface area (Å²) in [7, 11) is 0. The van der Waals surface area contributed by atoms with Crippen LogP contribution >= 0.6 is 0 Å². The fourth-order valence-electron chi connectivity index (χ4n) is 1.82. The Hall–Kier alpha value is -2.80. The Morgan fingerprint density at radius 2 is 2.00 bits per heavy atom. The third-order valence-electron chi connectivity index (χ3n) is 2.78. The number of anilines is 1. The molecule has 1 aromatic carbocycles. The van der Waals surface area contributed by atoms with Crippen molar-refractivity contribution in [3.05, 3.63) is 59.1 Å². The highest BCUT2D eigenvalue weighted by Gasteiger charge is 2.11. The first-order chi connectivity index (χ1) is 9.60. The van der Waals surface area contributed by atoms with Crippen LogP contribution in [-0.4, -0.2) is 5.91 Å². The Bertz CT molecular complexity index is 691. The van der Waals surface area contributed by atoms with Crippen molar-refractivity contribution in [1.29, 1.82) is 5.26 Å². The van der Waals surface area contributed by atoms with Crippen molar-refractivity contribution in [2.24, 2.45) is 0 Å². The molecular formula is C16H14N2O2. The molecule has 2 rings (SSSR count). The van der Waals surface area contributed by atoms with Crippen LogP contribution < -0.4 is 5.32 Å². The highest BCUT2D eigenvalue weighted by molar-refractivity contribution is 6.09. The molecule has 1 N–H and O–H groups in total. The van der Waals surface area contributed by atoms with E-state index in [1.807, 2.05) is 31.2 Å². The maximum absolute atomic E-state index is 12.0. The first-order valence-electron chi connectivity index (χ1n) is 6.15. The van der Waals surface area contributed by atoms with Gasteiger partial charge in [-0.25, -0.2) is 0 Å². The molecule has 0 atom stereocenters. The van der Waals surface area contributed by atoms with E-state index in [1.165, 1.54) is 6.08 Å². The molecule has 0 radical (unpaired) electrons. The van der Waals surface area contributed by atoms with E-state index < -0.39 is 5.91 Å². The summed E-state index contributed by atoms with van der Waals surface area (Å²) in [6.45, 7) is 3.61. The largest absolute Gasteiger partial charge is 0.466 e. The molecule has 100 valence electrons. The summed E-state index contributed by atoms with van der Waals surface area (Å²) in [5.41, 5.74) is 1.43. The number of benzene rings is 1. The van der Waals surface area contributed by atoms with E-state index in [1.54, 1.807) is 25.1 Å². The lowest BCUT2D eigenvalue weighted by Gasteiger charge is -2.03. The van der Waals surface area contributed by atoms with Gasteiger partial charge in [0, 0.05) is 11.3 Å². The SMILES string of the molecule is Cc1cc(/C=C(/C#N)C(=O)Nc2ccccc2)c(C)o1. The molecule has 0 saturated carbocycles. The third-order valence-corrected chi connectivity index (χ3v) is 2.78. The zero-order valence-electron chi connectivity index (χ0n) is 11.3. The van der Waals surface area contributed by atoms with E-state index >= 15 is 0 Å². The highest BCUT2D eigenvalue weighted by Crippen LogP contribution is 2.17. The first-order valence-corrected chi connectivity index (χ1v) is 6.15. The summed E-state index contributed by atoms with van der Waals surface area (Å²) < 4.78 is 5.37. The lowest BCUT2D eigenvalue weighted by atomic mass is 10.1. The molecular weight excluding hydrogens is 252 g/mol. The lowest BCUT2D eigenvalue weighted by Crippen LogP contribution is -2.13. The van der Waals surface area contributed by atoms with Gasteiger partial charge >= 0.3 is 0 Å². The van der Waals surface area contributed by atoms with E-state index in [9.17, 15) is 4.79 Å². The first kappa shape index (κ1) is 13.6. The minimum Gasteiger partial charge on any atom is -0.466 e. The molecule has 20 heavy (non-hydrogen) atoms. The number of nitrogens with zero attached hydrogens (tertiary/aromatic N) is 1. The lowest BCUT2D eigenvalue weighted by molar-refractivity contribution is -0.112. The molecule has 0 unspecified atom stereocenters. The average Bonchev–Trinajstić information content (AvgIpc) is 2.75. The van der Waals surface area contributed by atoms with Crippen molar-refractivity contribution in [3.8, 4) is 6.07 Å². The number of hydrogen-bond acceptors (Lipinski definition) is 3. The van der Waals surface area contributed by atoms with Crippen LogP contribution in [0.5, 0.6) is 0 Å². The Labute approximate surface area is 117 Å². The maximum atomic E-state index is 12.0. The fraction of sp³-hybridized carbons (Fsp3) is 0.125. The topological polar surface area (TPSA) is 66.0 Å². The second-order valence-corrected chi connectivity index (χ2v) is 4.36. The fourth-order valence-corrected chi connectivity index (χ4v) is 1.82. The number of nitriles is 1. The molecule has 0 aliphatic carbocycles. The number of amides is 1. The Balaban J connectivity index is 2.22. The standard InChI is InChI=1S/C16H14N2O2/c1-11-8-13(12(2)20-11)9-14(10-17)16(19)18-15-6-4-3-5-7-15/h3-9H,1-2H3,(H,18,19)/b14-9-. The average molecular weight is 266 g/mol. The van der Waals surface area contributed by atoms with Gasteiger partial charge in [-0.05, 0) is 38.1 Å². The van der Waals surface area contributed by atoms with E-state index in [-0.39, 0.29) is 5.57 Å². The van der Waals surface area contributed by atoms with Gasteiger partial charge in [-0.2, -0.15) is 5.26 Å². The molecule has 0 spiro atoms. The third kappa shape index (κ3) is 3.15. The van der Waals surface area contributed by atoms with Gasteiger partial charge in [0.1, 0.15) is 23.2 Å². The number of carbonyl (C=O) groups is 1. The molecule has 0 bridgehead atoms. The van der Waals surface area contributed by atoms with E-state index in [0.29, 0.717) is 11.4 Å². The number of furan rings is 1. The zero-order chi connectivity index (χ0) is 14.5. The molecule has 0 fully saturated rings. The highest BCUT2D eigenvalue weighted by atomic mass is 16.3. The summed E-state index contributed by atoms with van der Waals surface area (Å²) in [4.78, 5) is 12.0. The molecule has 2 aromatic rings. The smallest absolute Gasteiger partial charge is 0.266 e. The van der Waals surface area contributed by atoms with Gasteiger partial charge in [-0.15, -0.1) is 0 Å². The van der Waals surface area contributed by atoms with Crippen molar-refractivity contribution in [3.63, 3.8) is 0 Å². The minimum absolute atomic E-state index is 0.0396. The predicted octanol–water partition coefficient (Wildman–Crippen LogP) is 3.44. The summed E-state index contributed by atoms with van der Waals surface area (Å²) in [5.74, 6) is 0.995. The molecule has 0 aliphatic heterocycles. The van der Waals surface area contributed by atoms with Gasteiger partial charge in [-0.1, -0.05) is 18.2 Å². The molecule has 0 saturated heterocycles. The minimum atomic E-state index is -0.433. The van der Waals surface area contributed by atoms with E-state index in [2.05, 4.69) is 5.32 Å². The summed E-state index contributed by atoms with van der Waals surface area (Å²) >= 11 is 0. The van der Waals surface area contributed by atoms with E-state index in [0.717, 1.165) is 11.3 Å². The van der Waals surface area contributed by atoms with Crippen LogP contribution in [0.2, 0.25) is 0 Å². The predicted molar refractivity (Wildman–Crippen MR) is 76.8 cm³/mol. The number of rotatable bonds is 3. The van der Waals surface area contributed by atoms with Gasteiger partial charge in [0.05, 0.1) is 0 Å². The van der Waals surface area contributed by atoms with Crippen molar-refractivity contribution in [2.45, 2.75) is 13.8 Å². The van der Waals surface area contributed by atoms with Crippen LogP contribution in [0.1, 0.15) is 17.1 Å². The van der Waals surface area contributed by atoms with Gasteiger partial charge < -0.3 is 9.73 Å². The van der Waals surface area contributed by atoms with Gasteiger partial charge in [-0.3, -0.25) is 4.79 Å². The monoisotopic (exact) mass is 266 g/mol.